The zero-order valence-corrected chi connectivity index (χ0v) is 16.1. The number of para-hydroxylation sites is 1. The van der Waals surface area contributed by atoms with Crippen LogP contribution >= 0.6 is 0 Å². The largest absolute Gasteiger partial charge is 0.369 e. The standard InChI is InChI=1S/C22H23N5O2/c28-27(29)21-10-8-20(9-11-21)26-15-13-25(14-16-26)17-18-5-4-12-23-22(18)24-19-6-2-1-3-7-19/h1-12H,13-17H2,(H,23,24). The van der Waals surface area contributed by atoms with Gasteiger partial charge in [-0.25, -0.2) is 4.98 Å². The lowest BCUT2D eigenvalue weighted by Gasteiger charge is -2.36. The van der Waals surface area contributed by atoms with Crippen LogP contribution in [0.2, 0.25) is 0 Å². The van der Waals surface area contributed by atoms with Crippen LogP contribution in [0.4, 0.5) is 22.9 Å². The Morgan fingerprint density at radius 2 is 1.66 bits per heavy atom. The highest BCUT2D eigenvalue weighted by Gasteiger charge is 2.19. The Balaban J connectivity index is 1.37. The molecule has 3 aromatic rings. The van der Waals surface area contributed by atoms with Gasteiger partial charge in [-0.15, -0.1) is 0 Å². The zero-order chi connectivity index (χ0) is 20.1. The highest BCUT2D eigenvalue weighted by Crippen LogP contribution is 2.23. The summed E-state index contributed by atoms with van der Waals surface area (Å²) in [6.07, 6.45) is 1.81. The van der Waals surface area contributed by atoms with Crippen LogP contribution in [0.1, 0.15) is 5.56 Å². The van der Waals surface area contributed by atoms with Crippen LogP contribution in [0, 0.1) is 10.1 Å². The molecule has 148 valence electrons. The lowest BCUT2D eigenvalue weighted by Crippen LogP contribution is -2.46. The summed E-state index contributed by atoms with van der Waals surface area (Å²) in [7, 11) is 0. The summed E-state index contributed by atoms with van der Waals surface area (Å²) < 4.78 is 0. The van der Waals surface area contributed by atoms with Crippen LogP contribution in [-0.4, -0.2) is 41.0 Å². The second-order valence-electron chi connectivity index (χ2n) is 7.04. The van der Waals surface area contributed by atoms with Crippen molar-refractivity contribution >= 4 is 22.9 Å². The summed E-state index contributed by atoms with van der Waals surface area (Å²) >= 11 is 0. The van der Waals surface area contributed by atoms with Gasteiger partial charge in [-0.05, 0) is 30.3 Å². The predicted octanol–water partition coefficient (Wildman–Crippen LogP) is 4.06. The summed E-state index contributed by atoms with van der Waals surface area (Å²) in [5, 5.41) is 14.2. The van der Waals surface area contributed by atoms with Gasteiger partial charge in [0, 0.05) is 68.0 Å². The molecule has 0 atom stereocenters. The van der Waals surface area contributed by atoms with Gasteiger partial charge in [-0.1, -0.05) is 24.3 Å². The molecule has 0 aliphatic carbocycles. The number of hydrogen-bond acceptors (Lipinski definition) is 6. The molecule has 0 saturated carbocycles. The zero-order valence-electron chi connectivity index (χ0n) is 16.1. The molecule has 1 aliphatic heterocycles. The first-order valence-corrected chi connectivity index (χ1v) is 9.67. The number of nitrogens with zero attached hydrogens (tertiary/aromatic N) is 4. The Kier molecular flexibility index (Phi) is 5.67. The molecule has 29 heavy (non-hydrogen) atoms. The smallest absolute Gasteiger partial charge is 0.269 e. The highest BCUT2D eigenvalue weighted by atomic mass is 16.6. The number of hydrogen-bond donors (Lipinski definition) is 1. The molecule has 0 unspecified atom stereocenters. The van der Waals surface area contributed by atoms with Crippen LogP contribution in [0.15, 0.2) is 72.9 Å². The minimum atomic E-state index is -0.364. The average molecular weight is 389 g/mol. The molecule has 1 saturated heterocycles. The summed E-state index contributed by atoms with van der Waals surface area (Å²) in [5.74, 6) is 0.886. The van der Waals surface area contributed by atoms with Crippen LogP contribution in [0.25, 0.3) is 0 Å². The Hall–Kier alpha value is -3.45. The van der Waals surface area contributed by atoms with E-state index in [9.17, 15) is 10.1 Å². The van der Waals surface area contributed by atoms with Crippen molar-refractivity contribution in [3.8, 4) is 0 Å². The van der Waals surface area contributed by atoms with E-state index in [1.54, 1.807) is 18.3 Å². The Morgan fingerprint density at radius 1 is 0.931 bits per heavy atom. The Labute approximate surface area is 169 Å². The molecule has 1 aliphatic rings. The normalized spacial score (nSPS) is 14.6. The maximum atomic E-state index is 10.8. The van der Waals surface area contributed by atoms with Crippen molar-refractivity contribution in [3.05, 3.63) is 88.6 Å². The lowest BCUT2D eigenvalue weighted by molar-refractivity contribution is -0.384. The van der Waals surface area contributed by atoms with E-state index in [0.29, 0.717) is 0 Å². The monoisotopic (exact) mass is 389 g/mol. The third-order valence-corrected chi connectivity index (χ3v) is 5.12. The molecule has 1 aromatic heterocycles. The fourth-order valence-electron chi connectivity index (χ4n) is 3.53. The van der Waals surface area contributed by atoms with Crippen molar-refractivity contribution in [2.45, 2.75) is 6.54 Å². The number of aromatic nitrogens is 1. The topological polar surface area (TPSA) is 74.5 Å². The number of rotatable bonds is 6. The number of nitrogens with one attached hydrogen (secondary N) is 1. The van der Waals surface area contributed by atoms with E-state index in [4.69, 9.17) is 0 Å². The molecule has 2 heterocycles. The Morgan fingerprint density at radius 3 is 2.34 bits per heavy atom. The van der Waals surface area contributed by atoms with Gasteiger partial charge in [-0.3, -0.25) is 15.0 Å². The minimum absolute atomic E-state index is 0.127. The quantitative estimate of drug-likeness (QED) is 0.506. The van der Waals surface area contributed by atoms with Gasteiger partial charge < -0.3 is 10.2 Å². The molecule has 2 aromatic carbocycles. The van der Waals surface area contributed by atoms with Crippen LogP contribution in [0.3, 0.4) is 0 Å². The van der Waals surface area contributed by atoms with E-state index in [1.807, 2.05) is 48.5 Å². The summed E-state index contributed by atoms with van der Waals surface area (Å²) in [4.78, 5) is 19.7. The summed E-state index contributed by atoms with van der Waals surface area (Å²) in [6, 6.07) is 20.9. The van der Waals surface area contributed by atoms with Crippen molar-refractivity contribution in [3.63, 3.8) is 0 Å². The second kappa shape index (κ2) is 8.70. The molecule has 0 bridgehead atoms. The maximum Gasteiger partial charge on any atom is 0.269 e. The van der Waals surface area contributed by atoms with Crippen molar-refractivity contribution in [2.24, 2.45) is 0 Å². The van der Waals surface area contributed by atoms with E-state index in [1.165, 1.54) is 5.56 Å². The van der Waals surface area contributed by atoms with E-state index in [-0.39, 0.29) is 10.6 Å². The van der Waals surface area contributed by atoms with Crippen LogP contribution in [-0.2, 0) is 6.54 Å². The summed E-state index contributed by atoms with van der Waals surface area (Å²) in [6.45, 7) is 4.46. The first kappa shape index (κ1) is 18.9. The molecule has 0 amide bonds. The van der Waals surface area contributed by atoms with Gasteiger partial charge in [0.25, 0.3) is 5.69 Å². The van der Waals surface area contributed by atoms with Crippen molar-refractivity contribution in [1.82, 2.24) is 9.88 Å². The van der Waals surface area contributed by atoms with Gasteiger partial charge in [0.2, 0.25) is 0 Å². The molecule has 4 rings (SSSR count). The third-order valence-electron chi connectivity index (χ3n) is 5.12. The fraction of sp³-hybridized carbons (Fsp3) is 0.227. The Bertz CT molecular complexity index is 954. The highest BCUT2D eigenvalue weighted by molar-refractivity contribution is 5.59. The molecular formula is C22H23N5O2. The minimum Gasteiger partial charge on any atom is -0.369 e. The number of pyridine rings is 1. The summed E-state index contributed by atoms with van der Waals surface area (Å²) in [5.41, 5.74) is 3.35. The fourth-order valence-corrected chi connectivity index (χ4v) is 3.53. The number of nitro groups is 1. The van der Waals surface area contributed by atoms with Crippen molar-refractivity contribution in [1.29, 1.82) is 0 Å². The number of anilines is 3. The van der Waals surface area contributed by atoms with Crippen molar-refractivity contribution < 1.29 is 4.92 Å². The van der Waals surface area contributed by atoms with Crippen LogP contribution in [0.5, 0.6) is 0 Å². The van der Waals surface area contributed by atoms with Crippen molar-refractivity contribution in [2.75, 3.05) is 36.4 Å². The SMILES string of the molecule is O=[N+]([O-])c1ccc(N2CCN(Cc3cccnc3Nc3ccccc3)CC2)cc1. The molecule has 0 spiro atoms. The number of nitro benzene ring substituents is 1. The van der Waals surface area contributed by atoms with Gasteiger partial charge in [-0.2, -0.15) is 0 Å². The van der Waals surface area contributed by atoms with Gasteiger partial charge >= 0.3 is 0 Å². The molecule has 0 radical (unpaired) electrons. The third kappa shape index (κ3) is 4.70. The van der Waals surface area contributed by atoms with E-state index < -0.39 is 0 Å². The molecule has 1 fully saturated rings. The maximum absolute atomic E-state index is 10.8. The van der Waals surface area contributed by atoms with E-state index in [2.05, 4.69) is 26.2 Å². The number of piperazine rings is 1. The predicted molar refractivity (Wildman–Crippen MR) is 115 cm³/mol. The second-order valence-corrected chi connectivity index (χ2v) is 7.04. The first-order valence-electron chi connectivity index (χ1n) is 9.67. The molecule has 7 nitrogen and oxygen atoms in total. The van der Waals surface area contributed by atoms with E-state index >= 15 is 0 Å². The average Bonchev–Trinajstić information content (AvgIpc) is 2.76. The number of benzene rings is 2. The molecule has 7 heteroatoms. The van der Waals surface area contributed by atoms with E-state index in [0.717, 1.165) is 49.9 Å². The molecular weight excluding hydrogens is 366 g/mol. The van der Waals surface area contributed by atoms with Gasteiger partial charge in [0.15, 0.2) is 0 Å². The lowest BCUT2D eigenvalue weighted by atomic mass is 10.2. The first-order chi connectivity index (χ1) is 14.2. The number of non-ortho nitro benzene ring substituents is 1. The van der Waals surface area contributed by atoms with Gasteiger partial charge in [0.1, 0.15) is 5.82 Å². The van der Waals surface area contributed by atoms with Crippen LogP contribution < -0.4 is 10.2 Å². The molecule has 1 N–H and O–H groups in total. The van der Waals surface area contributed by atoms with Gasteiger partial charge in [0.05, 0.1) is 4.92 Å².